The van der Waals surface area contributed by atoms with Crippen LogP contribution in [0.3, 0.4) is 0 Å². The predicted molar refractivity (Wildman–Crippen MR) is 73.2 cm³/mol. The highest BCUT2D eigenvalue weighted by Gasteiger charge is 2.25. The first-order valence-electron chi connectivity index (χ1n) is 6.69. The van der Waals surface area contributed by atoms with Gasteiger partial charge in [-0.05, 0) is 49.3 Å². The molecule has 0 unspecified atom stereocenters. The van der Waals surface area contributed by atoms with Crippen LogP contribution < -0.4 is 0 Å². The topological polar surface area (TPSA) is 60.8 Å². The number of aryl methyl sites for hydroxylation is 2. The van der Waals surface area contributed by atoms with Crippen molar-refractivity contribution in [2.45, 2.75) is 33.2 Å². The number of aliphatic carboxylic acids is 1. The van der Waals surface area contributed by atoms with Crippen LogP contribution in [-0.2, 0) is 11.3 Å². The van der Waals surface area contributed by atoms with Crippen molar-refractivity contribution in [1.82, 2.24) is 4.90 Å². The third kappa shape index (κ3) is 3.96. The lowest BCUT2D eigenvalue weighted by Gasteiger charge is -2.21. The fourth-order valence-electron chi connectivity index (χ4n) is 2.44. The second-order valence-corrected chi connectivity index (χ2v) is 5.58. The first-order chi connectivity index (χ1) is 8.95. The number of benzene rings is 1. The minimum Gasteiger partial charge on any atom is -0.507 e. The molecular formula is C15H21NO3. The van der Waals surface area contributed by atoms with E-state index < -0.39 is 5.97 Å². The summed E-state index contributed by atoms with van der Waals surface area (Å²) in [5.41, 5.74) is 2.75. The number of aromatic hydroxyl groups is 1. The van der Waals surface area contributed by atoms with Gasteiger partial charge in [0.2, 0.25) is 0 Å². The maximum atomic E-state index is 10.9. The zero-order valence-electron chi connectivity index (χ0n) is 11.5. The van der Waals surface area contributed by atoms with Gasteiger partial charge in [0, 0.05) is 13.1 Å². The highest BCUT2D eigenvalue weighted by Crippen LogP contribution is 2.30. The van der Waals surface area contributed by atoms with Crippen molar-refractivity contribution in [2.24, 2.45) is 5.92 Å². The summed E-state index contributed by atoms with van der Waals surface area (Å²) < 4.78 is 0. The van der Waals surface area contributed by atoms with Crippen molar-refractivity contribution in [3.63, 3.8) is 0 Å². The van der Waals surface area contributed by atoms with E-state index in [4.69, 9.17) is 5.11 Å². The average molecular weight is 263 g/mol. The molecule has 19 heavy (non-hydrogen) atoms. The van der Waals surface area contributed by atoms with Gasteiger partial charge in [-0.25, -0.2) is 0 Å². The van der Waals surface area contributed by atoms with Crippen LogP contribution in [0, 0.1) is 19.8 Å². The van der Waals surface area contributed by atoms with E-state index in [0.717, 1.165) is 23.2 Å². The minimum absolute atomic E-state index is 0.0788. The van der Waals surface area contributed by atoms with Crippen LogP contribution in [0.2, 0.25) is 0 Å². The van der Waals surface area contributed by atoms with Gasteiger partial charge >= 0.3 is 5.97 Å². The van der Waals surface area contributed by atoms with E-state index in [0.29, 0.717) is 18.2 Å². The van der Waals surface area contributed by atoms with Crippen LogP contribution in [0.1, 0.15) is 29.5 Å². The van der Waals surface area contributed by atoms with Gasteiger partial charge in [0.25, 0.3) is 0 Å². The standard InChI is InChI=1S/C15H21NO3/c1-10-5-13(6-11(2)15(10)19)8-16(9-14(17)18)7-12-3-4-12/h5-6,12,19H,3-4,7-9H2,1-2H3,(H,17,18). The number of nitrogens with zero attached hydrogens (tertiary/aromatic N) is 1. The first-order valence-corrected chi connectivity index (χ1v) is 6.69. The van der Waals surface area contributed by atoms with E-state index in [9.17, 15) is 9.90 Å². The van der Waals surface area contributed by atoms with Gasteiger partial charge < -0.3 is 10.2 Å². The number of carboxylic acid groups (broad SMARTS) is 1. The number of carboxylic acids is 1. The van der Waals surface area contributed by atoms with Crippen LogP contribution in [0.15, 0.2) is 12.1 Å². The minimum atomic E-state index is -0.784. The molecule has 1 aliphatic carbocycles. The number of rotatable bonds is 6. The molecule has 2 N–H and O–H groups in total. The monoisotopic (exact) mass is 263 g/mol. The van der Waals surface area contributed by atoms with Gasteiger partial charge in [-0.2, -0.15) is 0 Å². The van der Waals surface area contributed by atoms with Crippen LogP contribution in [-0.4, -0.2) is 34.2 Å². The fourth-order valence-corrected chi connectivity index (χ4v) is 2.44. The lowest BCUT2D eigenvalue weighted by Crippen LogP contribution is -2.31. The third-order valence-electron chi connectivity index (χ3n) is 3.53. The summed E-state index contributed by atoms with van der Waals surface area (Å²) in [6.07, 6.45) is 2.42. The predicted octanol–water partition coefficient (Wildman–Crippen LogP) is 2.31. The van der Waals surface area contributed by atoms with E-state index in [1.165, 1.54) is 12.8 Å². The zero-order valence-corrected chi connectivity index (χ0v) is 11.5. The molecule has 1 aromatic carbocycles. The van der Waals surface area contributed by atoms with Crippen molar-refractivity contribution in [2.75, 3.05) is 13.1 Å². The van der Waals surface area contributed by atoms with E-state index in [-0.39, 0.29) is 6.54 Å². The van der Waals surface area contributed by atoms with Crippen molar-refractivity contribution < 1.29 is 15.0 Å². The van der Waals surface area contributed by atoms with Crippen molar-refractivity contribution >= 4 is 5.97 Å². The smallest absolute Gasteiger partial charge is 0.317 e. The van der Waals surface area contributed by atoms with Gasteiger partial charge in [0.05, 0.1) is 6.54 Å². The van der Waals surface area contributed by atoms with Crippen LogP contribution in [0.25, 0.3) is 0 Å². The van der Waals surface area contributed by atoms with Gasteiger partial charge in [0.15, 0.2) is 0 Å². The molecule has 1 aliphatic rings. The molecule has 0 aliphatic heterocycles. The lowest BCUT2D eigenvalue weighted by atomic mass is 10.1. The molecule has 1 fully saturated rings. The molecule has 104 valence electrons. The quantitative estimate of drug-likeness (QED) is 0.826. The average Bonchev–Trinajstić information content (AvgIpc) is 3.08. The second kappa shape index (κ2) is 5.61. The SMILES string of the molecule is Cc1cc(CN(CC(=O)O)CC2CC2)cc(C)c1O. The molecule has 4 nitrogen and oxygen atoms in total. The van der Waals surface area contributed by atoms with Gasteiger partial charge in [-0.3, -0.25) is 9.69 Å². The Morgan fingerprint density at radius 1 is 1.32 bits per heavy atom. The van der Waals surface area contributed by atoms with Gasteiger partial charge in [-0.15, -0.1) is 0 Å². The Hall–Kier alpha value is -1.55. The van der Waals surface area contributed by atoms with Crippen molar-refractivity contribution in [3.8, 4) is 5.75 Å². The first kappa shape index (κ1) is 13.9. The molecule has 0 spiro atoms. The number of phenols is 1. The normalized spacial score (nSPS) is 14.9. The third-order valence-corrected chi connectivity index (χ3v) is 3.53. The van der Waals surface area contributed by atoms with Gasteiger partial charge in [-0.1, -0.05) is 12.1 Å². The Kier molecular flexibility index (Phi) is 4.10. The highest BCUT2D eigenvalue weighted by molar-refractivity contribution is 5.69. The number of carbonyl (C=O) groups is 1. The summed E-state index contributed by atoms with van der Waals surface area (Å²) in [5.74, 6) is 0.210. The Balaban J connectivity index is 2.08. The highest BCUT2D eigenvalue weighted by atomic mass is 16.4. The number of phenolic OH excluding ortho intramolecular Hbond substituents is 1. The van der Waals surface area contributed by atoms with Crippen LogP contribution in [0.4, 0.5) is 0 Å². The summed E-state index contributed by atoms with van der Waals surface area (Å²) >= 11 is 0. The summed E-state index contributed by atoms with van der Waals surface area (Å²) in [5, 5.41) is 18.7. The molecule has 1 aromatic rings. The maximum absolute atomic E-state index is 10.9. The lowest BCUT2D eigenvalue weighted by molar-refractivity contribution is -0.138. The van der Waals surface area contributed by atoms with Crippen LogP contribution in [0.5, 0.6) is 5.75 Å². The van der Waals surface area contributed by atoms with E-state index in [1.807, 2.05) is 30.9 Å². The Morgan fingerprint density at radius 3 is 2.37 bits per heavy atom. The molecule has 0 saturated heterocycles. The zero-order chi connectivity index (χ0) is 14.0. The molecular weight excluding hydrogens is 242 g/mol. The summed E-state index contributed by atoms with van der Waals surface area (Å²) in [7, 11) is 0. The Bertz CT molecular complexity index is 457. The molecule has 2 rings (SSSR count). The molecule has 4 heteroatoms. The van der Waals surface area contributed by atoms with E-state index in [2.05, 4.69) is 0 Å². The Morgan fingerprint density at radius 2 is 1.89 bits per heavy atom. The number of hydrogen-bond donors (Lipinski definition) is 2. The second-order valence-electron chi connectivity index (χ2n) is 5.58. The van der Waals surface area contributed by atoms with E-state index in [1.54, 1.807) is 0 Å². The maximum Gasteiger partial charge on any atom is 0.317 e. The van der Waals surface area contributed by atoms with Crippen molar-refractivity contribution in [1.29, 1.82) is 0 Å². The molecule has 0 heterocycles. The fraction of sp³-hybridized carbons (Fsp3) is 0.533. The Labute approximate surface area is 113 Å². The molecule has 0 radical (unpaired) electrons. The largest absolute Gasteiger partial charge is 0.507 e. The summed E-state index contributed by atoms with van der Waals surface area (Å²) in [6.45, 7) is 5.30. The molecule has 0 atom stereocenters. The van der Waals surface area contributed by atoms with E-state index >= 15 is 0 Å². The molecule has 0 bridgehead atoms. The molecule has 0 aromatic heterocycles. The van der Waals surface area contributed by atoms with Crippen LogP contribution >= 0.6 is 0 Å². The molecule has 1 saturated carbocycles. The summed E-state index contributed by atoms with van der Waals surface area (Å²) in [4.78, 5) is 12.9. The van der Waals surface area contributed by atoms with Gasteiger partial charge in [0.1, 0.15) is 5.75 Å². The molecule has 0 amide bonds. The summed E-state index contributed by atoms with van der Waals surface area (Å²) in [6, 6.07) is 3.87. The number of hydrogen-bond acceptors (Lipinski definition) is 3. The van der Waals surface area contributed by atoms with Crippen molar-refractivity contribution in [3.05, 3.63) is 28.8 Å².